The number of rotatable bonds is 7. The van der Waals surface area contributed by atoms with Crippen LogP contribution in [-0.2, 0) is 11.3 Å². The number of aryl methyl sites for hydroxylation is 3. The number of nitrogens with one attached hydrogen (secondary N) is 1. The molecule has 1 unspecified atom stereocenters. The van der Waals surface area contributed by atoms with Gasteiger partial charge in [0.15, 0.2) is 6.79 Å². The van der Waals surface area contributed by atoms with Gasteiger partial charge in [-0.1, -0.05) is 38.4 Å². The van der Waals surface area contributed by atoms with Crippen LogP contribution < -0.4 is 20.7 Å². The molecule has 0 aliphatic carbocycles. The number of methoxy groups -OCH3 is 1. The van der Waals surface area contributed by atoms with E-state index >= 15 is 0 Å². The van der Waals surface area contributed by atoms with E-state index in [0.29, 0.717) is 8.58 Å². The zero-order valence-electron chi connectivity index (χ0n) is 14.6. The maximum atomic E-state index is 5.84. The highest BCUT2D eigenvalue weighted by molar-refractivity contribution is 7.55. The van der Waals surface area contributed by atoms with Crippen molar-refractivity contribution in [3.05, 3.63) is 52.6 Å². The molecule has 2 aromatic rings. The first-order valence-electron chi connectivity index (χ1n) is 7.79. The van der Waals surface area contributed by atoms with E-state index in [1.54, 1.807) is 7.11 Å². The Bertz CT molecular complexity index is 671. The lowest BCUT2D eigenvalue weighted by molar-refractivity contribution is 0.0514. The molecule has 0 amide bonds. The van der Waals surface area contributed by atoms with E-state index in [2.05, 4.69) is 56.4 Å². The minimum Gasteiger partial charge on any atom is -0.467 e. The van der Waals surface area contributed by atoms with Crippen LogP contribution in [0, 0.1) is 20.8 Å². The van der Waals surface area contributed by atoms with Crippen LogP contribution in [0.5, 0.6) is 5.75 Å². The highest BCUT2D eigenvalue weighted by Gasteiger charge is 2.12. The van der Waals surface area contributed by atoms with Crippen LogP contribution in [0.25, 0.3) is 0 Å². The molecule has 2 rings (SSSR count). The van der Waals surface area contributed by atoms with Gasteiger partial charge in [0.05, 0.1) is 0 Å². The molecule has 0 radical (unpaired) electrons. The molecule has 0 bridgehead atoms. The Hall–Kier alpha value is -1.41. The minimum atomic E-state index is 0.276. The molecule has 0 heterocycles. The maximum absolute atomic E-state index is 5.84. The lowest BCUT2D eigenvalue weighted by Gasteiger charge is -2.17. The van der Waals surface area contributed by atoms with E-state index in [1.165, 1.54) is 27.3 Å². The zero-order valence-corrected chi connectivity index (χ0v) is 15.6. The molecule has 1 atom stereocenters. The van der Waals surface area contributed by atoms with Crippen molar-refractivity contribution >= 4 is 19.2 Å². The quantitative estimate of drug-likeness (QED) is 0.625. The summed E-state index contributed by atoms with van der Waals surface area (Å²) in [7, 11) is 4.20. The summed E-state index contributed by atoms with van der Waals surface area (Å²) in [6.45, 7) is 7.51. The fourth-order valence-electron chi connectivity index (χ4n) is 2.68. The summed E-state index contributed by atoms with van der Waals surface area (Å²) in [6.07, 6.45) is 0. The van der Waals surface area contributed by atoms with E-state index < -0.39 is 0 Å². The summed E-state index contributed by atoms with van der Waals surface area (Å²) >= 11 is 0. The summed E-state index contributed by atoms with van der Waals surface area (Å²) in [4.78, 5) is 0. The topological polar surface area (TPSA) is 30.5 Å². The standard InChI is InChI=1S/C19H26NO2P/c1-13-6-7-17(16(9-13)11-20-4)23-18-10-14(2)8-15(3)19(18)22-12-21-5/h6-10,20,23H,11-12H2,1-5H3. The highest BCUT2D eigenvalue weighted by Crippen LogP contribution is 2.26. The first-order chi connectivity index (χ1) is 11.0. The van der Waals surface area contributed by atoms with Gasteiger partial charge in [-0.3, -0.25) is 0 Å². The first kappa shape index (κ1) is 17.9. The molecule has 1 N–H and O–H groups in total. The highest BCUT2D eigenvalue weighted by atomic mass is 31.1. The Morgan fingerprint density at radius 2 is 1.78 bits per heavy atom. The molecule has 0 spiro atoms. The van der Waals surface area contributed by atoms with E-state index in [9.17, 15) is 0 Å². The first-order valence-corrected chi connectivity index (χ1v) is 8.79. The largest absolute Gasteiger partial charge is 0.467 e. The Balaban J connectivity index is 2.39. The Kier molecular flexibility index (Phi) is 6.59. The number of ether oxygens (including phenoxy) is 2. The van der Waals surface area contributed by atoms with Crippen molar-refractivity contribution in [3.8, 4) is 5.75 Å². The van der Waals surface area contributed by atoms with Crippen molar-refractivity contribution in [2.24, 2.45) is 0 Å². The molecule has 4 heteroatoms. The van der Waals surface area contributed by atoms with Crippen LogP contribution in [0.2, 0.25) is 0 Å². The van der Waals surface area contributed by atoms with E-state index in [-0.39, 0.29) is 6.79 Å². The molecule has 23 heavy (non-hydrogen) atoms. The molecule has 0 aliphatic rings. The summed E-state index contributed by atoms with van der Waals surface area (Å²) < 4.78 is 10.9. The third kappa shape index (κ3) is 4.78. The summed E-state index contributed by atoms with van der Waals surface area (Å²) in [5, 5.41) is 5.86. The summed E-state index contributed by atoms with van der Waals surface area (Å²) in [6, 6.07) is 11.1. The van der Waals surface area contributed by atoms with Crippen molar-refractivity contribution in [1.82, 2.24) is 5.32 Å². The lowest BCUT2D eigenvalue weighted by atomic mass is 10.1. The predicted molar refractivity (Wildman–Crippen MR) is 99.9 cm³/mol. The van der Waals surface area contributed by atoms with Gasteiger partial charge in [0.2, 0.25) is 0 Å². The predicted octanol–water partition coefficient (Wildman–Crippen LogP) is 2.94. The Morgan fingerprint density at radius 3 is 2.48 bits per heavy atom. The van der Waals surface area contributed by atoms with Crippen LogP contribution in [0.3, 0.4) is 0 Å². The molecule has 0 fully saturated rings. The maximum Gasteiger partial charge on any atom is 0.188 e. The number of hydrogen-bond donors (Lipinski definition) is 1. The molecule has 3 nitrogen and oxygen atoms in total. The molecule has 0 saturated heterocycles. The van der Waals surface area contributed by atoms with Crippen LogP contribution in [0.15, 0.2) is 30.3 Å². The van der Waals surface area contributed by atoms with Gasteiger partial charge < -0.3 is 14.8 Å². The number of hydrogen-bond acceptors (Lipinski definition) is 3. The average molecular weight is 331 g/mol. The van der Waals surface area contributed by atoms with Crippen molar-refractivity contribution in [3.63, 3.8) is 0 Å². The third-order valence-electron chi connectivity index (χ3n) is 3.64. The van der Waals surface area contributed by atoms with Crippen molar-refractivity contribution in [2.75, 3.05) is 21.0 Å². The second kappa shape index (κ2) is 8.44. The summed E-state index contributed by atoms with van der Waals surface area (Å²) in [5.41, 5.74) is 5.06. The van der Waals surface area contributed by atoms with Gasteiger partial charge in [-0.05, 0) is 55.9 Å². The summed E-state index contributed by atoms with van der Waals surface area (Å²) in [5.74, 6) is 0.951. The fourth-order valence-corrected chi connectivity index (χ4v) is 4.14. The molecule has 124 valence electrons. The van der Waals surface area contributed by atoms with Crippen LogP contribution in [0.4, 0.5) is 0 Å². The lowest BCUT2D eigenvalue weighted by Crippen LogP contribution is -2.17. The van der Waals surface area contributed by atoms with Crippen molar-refractivity contribution in [2.45, 2.75) is 27.3 Å². The van der Waals surface area contributed by atoms with E-state index in [1.807, 2.05) is 7.05 Å². The average Bonchev–Trinajstić information content (AvgIpc) is 2.49. The van der Waals surface area contributed by atoms with Gasteiger partial charge in [0, 0.05) is 19.0 Å². The van der Waals surface area contributed by atoms with Crippen LogP contribution >= 0.6 is 8.58 Å². The van der Waals surface area contributed by atoms with Gasteiger partial charge in [0.25, 0.3) is 0 Å². The van der Waals surface area contributed by atoms with Gasteiger partial charge >= 0.3 is 0 Å². The normalized spacial score (nSPS) is 11.3. The van der Waals surface area contributed by atoms with E-state index in [4.69, 9.17) is 9.47 Å². The molecule has 0 aliphatic heterocycles. The van der Waals surface area contributed by atoms with Crippen molar-refractivity contribution in [1.29, 1.82) is 0 Å². The Labute approximate surface area is 141 Å². The van der Waals surface area contributed by atoms with Gasteiger partial charge in [-0.2, -0.15) is 0 Å². The second-order valence-electron chi connectivity index (χ2n) is 5.83. The van der Waals surface area contributed by atoms with Gasteiger partial charge in [-0.25, -0.2) is 0 Å². The minimum absolute atomic E-state index is 0.276. The molecule has 0 aromatic heterocycles. The van der Waals surface area contributed by atoms with Crippen LogP contribution in [0.1, 0.15) is 22.3 Å². The third-order valence-corrected chi connectivity index (χ3v) is 5.04. The number of benzene rings is 2. The van der Waals surface area contributed by atoms with Crippen molar-refractivity contribution < 1.29 is 9.47 Å². The second-order valence-corrected chi connectivity index (χ2v) is 7.15. The monoisotopic (exact) mass is 331 g/mol. The van der Waals surface area contributed by atoms with Gasteiger partial charge in [0.1, 0.15) is 5.75 Å². The van der Waals surface area contributed by atoms with Gasteiger partial charge in [-0.15, -0.1) is 0 Å². The fraction of sp³-hybridized carbons (Fsp3) is 0.368. The molecule has 2 aromatic carbocycles. The molecular formula is C19H26NO2P. The van der Waals surface area contributed by atoms with E-state index in [0.717, 1.165) is 17.9 Å². The molecular weight excluding hydrogens is 305 g/mol. The Morgan fingerprint density at radius 1 is 1.00 bits per heavy atom. The van der Waals surface area contributed by atoms with Crippen LogP contribution in [-0.4, -0.2) is 21.0 Å². The zero-order chi connectivity index (χ0) is 16.8. The smallest absolute Gasteiger partial charge is 0.188 e. The SMILES string of the molecule is CNCc1cc(C)ccc1Pc1cc(C)cc(C)c1OCOC. The molecule has 0 saturated carbocycles.